The van der Waals surface area contributed by atoms with Crippen LogP contribution in [-0.2, 0) is 14.3 Å². The van der Waals surface area contributed by atoms with E-state index in [1.807, 2.05) is 0 Å². The number of nitrogens with zero attached hydrogens (tertiary/aromatic N) is 1. The zero-order valence-electron chi connectivity index (χ0n) is 13.9. The molecule has 0 bridgehead atoms. The number of carboxylic acid groups (broad SMARTS) is 1. The third kappa shape index (κ3) is 4.71. The van der Waals surface area contributed by atoms with Crippen molar-refractivity contribution >= 4 is 20.1 Å². The monoisotopic (exact) mass is 317 g/mol. The van der Waals surface area contributed by atoms with Crippen LogP contribution < -0.4 is 0 Å². The van der Waals surface area contributed by atoms with Gasteiger partial charge in [0, 0.05) is 14.6 Å². The number of amides is 1. The second kappa shape index (κ2) is 5.96. The summed E-state index contributed by atoms with van der Waals surface area (Å²) in [6.45, 7) is 12.2. The average molecular weight is 317 g/mol. The second-order valence-corrected chi connectivity index (χ2v) is 13.2. The Kier molecular flexibility index (Phi) is 5.10. The molecule has 0 aromatic rings. The van der Waals surface area contributed by atoms with Gasteiger partial charge in [0.15, 0.2) is 5.54 Å². The maximum Gasteiger partial charge on any atom is 0.411 e. The van der Waals surface area contributed by atoms with E-state index in [4.69, 9.17) is 9.47 Å². The Balaban J connectivity index is 3.11. The highest BCUT2D eigenvalue weighted by Crippen LogP contribution is 2.32. The van der Waals surface area contributed by atoms with E-state index in [2.05, 4.69) is 19.6 Å². The molecule has 1 aliphatic rings. The van der Waals surface area contributed by atoms with E-state index in [9.17, 15) is 14.7 Å². The maximum absolute atomic E-state index is 12.4. The number of aliphatic carboxylic acids is 1. The Hall–Kier alpha value is -1.08. The number of ether oxygens (including phenoxy) is 2. The molecule has 1 rings (SSSR count). The van der Waals surface area contributed by atoms with E-state index in [0.29, 0.717) is 12.7 Å². The van der Waals surface area contributed by atoms with Crippen LogP contribution >= 0.6 is 0 Å². The summed E-state index contributed by atoms with van der Waals surface area (Å²) in [5, 5.41) is 9.76. The van der Waals surface area contributed by atoms with Crippen molar-refractivity contribution in [1.29, 1.82) is 0 Å². The molecule has 0 radical (unpaired) electrons. The zero-order valence-corrected chi connectivity index (χ0v) is 14.9. The van der Waals surface area contributed by atoms with E-state index in [0.717, 1.165) is 0 Å². The van der Waals surface area contributed by atoms with E-state index in [1.54, 1.807) is 20.8 Å². The van der Waals surface area contributed by atoms with Crippen LogP contribution in [0.3, 0.4) is 0 Å². The molecule has 122 valence electrons. The van der Waals surface area contributed by atoms with Gasteiger partial charge in [-0.3, -0.25) is 4.90 Å². The third-order valence-electron chi connectivity index (χ3n) is 3.15. The number of morpholine rings is 1. The van der Waals surface area contributed by atoms with Gasteiger partial charge in [-0.25, -0.2) is 9.59 Å². The molecule has 1 saturated heterocycles. The molecule has 1 heterocycles. The zero-order chi connectivity index (χ0) is 16.5. The molecular weight excluding hydrogens is 290 g/mol. The normalized spacial score (nSPS) is 23.8. The first-order valence-electron chi connectivity index (χ1n) is 7.19. The Morgan fingerprint density at radius 2 is 1.90 bits per heavy atom. The van der Waals surface area contributed by atoms with Crippen molar-refractivity contribution in [2.45, 2.75) is 57.6 Å². The minimum Gasteiger partial charge on any atom is -0.479 e. The first-order chi connectivity index (χ1) is 9.37. The summed E-state index contributed by atoms with van der Waals surface area (Å²) in [7, 11) is -1.74. The van der Waals surface area contributed by atoms with Crippen LogP contribution in [0.4, 0.5) is 4.79 Å². The summed E-state index contributed by atoms with van der Waals surface area (Å²) >= 11 is 0. The van der Waals surface area contributed by atoms with E-state index >= 15 is 0 Å². The van der Waals surface area contributed by atoms with Gasteiger partial charge < -0.3 is 14.6 Å². The van der Waals surface area contributed by atoms with Crippen molar-refractivity contribution in [3.8, 4) is 0 Å². The molecule has 21 heavy (non-hydrogen) atoms. The lowest BCUT2D eigenvalue weighted by Crippen LogP contribution is -2.66. The maximum atomic E-state index is 12.4. The first-order valence-corrected chi connectivity index (χ1v) is 10.9. The standard InChI is InChI=1S/C14H27NO5Si/c1-13(2,3)20-12(18)15-7-8-19-9-14(15,11(16)17)10-21(4,5)6/h7-10H2,1-6H3,(H,16,17)/t14-/m1/s1. The lowest BCUT2D eigenvalue weighted by Gasteiger charge is -2.46. The molecular formula is C14H27NO5Si. The van der Waals surface area contributed by atoms with Crippen molar-refractivity contribution < 1.29 is 24.2 Å². The minimum atomic E-state index is -1.74. The van der Waals surface area contributed by atoms with Gasteiger partial charge in [-0.15, -0.1) is 0 Å². The van der Waals surface area contributed by atoms with E-state index in [1.165, 1.54) is 4.90 Å². The Morgan fingerprint density at radius 3 is 2.33 bits per heavy atom. The minimum absolute atomic E-state index is 0.0197. The summed E-state index contributed by atoms with van der Waals surface area (Å²) in [6.07, 6.45) is -0.577. The van der Waals surface area contributed by atoms with Gasteiger partial charge in [0.1, 0.15) is 5.60 Å². The number of rotatable bonds is 3. The average Bonchev–Trinajstić information content (AvgIpc) is 2.24. The fourth-order valence-corrected chi connectivity index (χ4v) is 4.75. The lowest BCUT2D eigenvalue weighted by atomic mass is 10.00. The van der Waals surface area contributed by atoms with Crippen LogP contribution in [0.15, 0.2) is 0 Å². The number of carbonyl (C=O) groups excluding carboxylic acids is 1. The molecule has 1 N–H and O–H groups in total. The van der Waals surface area contributed by atoms with E-state index < -0.39 is 31.3 Å². The highest BCUT2D eigenvalue weighted by atomic mass is 28.3. The van der Waals surface area contributed by atoms with Crippen LogP contribution in [0.25, 0.3) is 0 Å². The van der Waals surface area contributed by atoms with Crippen molar-refractivity contribution in [1.82, 2.24) is 4.90 Å². The smallest absolute Gasteiger partial charge is 0.411 e. The fourth-order valence-electron chi connectivity index (χ4n) is 2.55. The molecule has 6 nitrogen and oxygen atoms in total. The molecule has 7 heteroatoms. The van der Waals surface area contributed by atoms with Gasteiger partial charge in [-0.2, -0.15) is 0 Å². The molecule has 0 unspecified atom stereocenters. The Bertz CT molecular complexity index is 413. The summed E-state index contributed by atoms with van der Waals surface area (Å²) in [4.78, 5) is 25.7. The number of hydrogen-bond acceptors (Lipinski definition) is 4. The van der Waals surface area contributed by atoms with Crippen LogP contribution in [0.2, 0.25) is 25.7 Å². The van der Waals surface area contributed by atoms with Gasteiger partial charge in [-0.1, -0.05) is 19.6 Å². The Morgan fingerprint density at radius 1 is 1.33 bits per heavy atom. The molecule has 1 atom stereocenters. The molecule has 0 saturated carbocycles. The molecule has 1 amide bonds. The second-order valence-electron chi connectivity index (χ2n) is 7.76. The predicted molar refractivity (Wildman–Crippen MR) is 82.3 cm³/mol. The molecule has 0 aromatic heterocycles. The summed E-state index contributed by atoms with van der Waals surface area (Å²) in [5.41, 5.74) is -1.97. The highest BCUT2D eigenvalue weighted by molar-refractivity contribution is 6.76. The largest absolute Gasteiger partial charge is 0.479 e. The fraction of sp³-hybridized carbons (Fsp3) is 0.857. The molecule has 1 fully saturated rings. The van der Waals surface area contributed by atoms with Crippen molar-refractivity contribution in [2.75, 3.05) is 19.8 Å². The summed E-state index contributed by atoms with van der Waals surface area (Å²) in [6, 6.07) is 0.439. The van der Waals surface area contributed by atoms with Gasteiger partial charge >= 0.3 is 12.1 Å². The summed E-state index contributed by atoms with van der Waals surface area (Å²) < 4.78 is 10.8. The molecule has 1 aliphatic heterocycles. The number of carbonyl (C=O) groups is 2. The van der Waals surface area contributed by atoms with Crippen LogP contribution in [-0.4, -0.2) is 61.0 Å². The molecule has 0 aliphatic carbocycles. The van der Waals surface area contributed by atoms with Crippen molar-refractivity contribution in [3.63, 3.8) is 0 Å². The van der Waals surface area contributed by atoms with Gasteiger partial charge in [0.05, 0.1) is 13.2 Å². The Labute approximate surface area is 127 Å². The van der Waals surface area contributed by atoms with Crippen LogP contribution in [0.1, 0.15) is 20.8 Å². The van der Waals surface area contributed by atoms with Gasteiger partial charge in [0.2, 0.25) is 0 Å². The van der Waals surface area contributed by atoms with Crippen LogP contribution in [0.5, 0.6) is 0 Å². The quantitative estimate of drug-likeness (QED) is 0.809. The van der Waals surface area contributed by atoms with Gasteiger partial charge in [0.25, 0.3) is 0 Å². The highest BCUT2D eigenvalue weighted by Gasteiger charge is 2.52. The SMILES string of the molecule is CC(C)(C)OC(=O)N1CCOC[C@@]1(C[Si](C)(C)C)C(=O)O. The van der Waals surface area contributed by atoms with E-state index in [-0.39, 0.29) is 13.2 Å². The third-order valence-corrected chi connectivity index (χ3v) is 4.80. The lowest BCUT2D eigenvalue weighted by molar-refractivity contribution is -0.160. The van der Waals surface area contributed by atoms with Crippen LogP contribution in [0, 0.1) is 0 Å². The number of hydrogen-bond donors (Lipinski definition) is 1. The summed E-state index contributed by atoms with van der Waals surface area (Å²) in [5.74, 6) is -1.02. The first kappa shape index (κ1) is 18.0. The predicted octanol–water partition coefficient (Wildman–Crippen LogP) is 2.42. The topological polar surface area (TPSA) is 76.1 Å². The molecule has 0 spiro atoms. The molecule has 0 aromatic carbocycles. The number of carboxylic acids is 1. The van der Waals surface area contributed by atoms with Crippen molar-refractivity contribution in [2.24, 2.45) is 0 Å². The van der Waals surface area contributed by atoms with Crippen molar-refractivity contribution in [3.05, 3.63) is 0 Å². The van der Waals surface area contributed by atoms with Gasteiger partial charge in [-0.05, 0) is 26.8 Å².